The number of nitrogens with zero attached hydrogens (tertiary/aromatic N) is 5. The Bertz CT molecular complexity index is 832. The highest BCUT2D eigenvalue weighted by molar-refractivity contribution is 5.41. The zero-order valence-electron chi connectivity index (χ0n) is 15.3. The molecule has 3 heterocycles. The zero-order chi connectivity index (χ0) is 18.3. The molecule has 6 heteroatoms. The molecule has 1 fully saturated rings. The van der Waals surface area contributed by atoms with Crippen LogP contribution in [0.2, 0.25) is 0 Å². The van der Waals surface area contributed by atoms with Crippen LogP contribution in [0, 0.1) is 5.92 Å². The van der Waals surface area contributed by atoms with Gasteiger partial charge in [0.2, 0.25) is 5.95 Å². The van der Waals surface area contributed by atoms with Gasteiger partial charge in [-0.05, 0) is 48.4 Å². The molecule has 4 rings (SSSR count). The van der Waals surface area contributed by atoms with E-state index in [1.807, 2.05) is 12.1 Å². The van der Waals surface area contributed by atoms with Crippen molar-refractivity contribution in [1.29, 1.82) is 0 Å². The molecule has 1 aliphatic heterocycles. The predicted octanol–water partition coefficient (Wildman–Crippen LogP) is 3.34. The summed E-state index contributed by atoms with van der Waals surface area (Å²) in [5, 5.41) is 11.5. The smallest absolute Gasteiger partial charge is 0.244 e. The van der Waals surface area contributed by atoms with Gasteiger partial charge in [0.15, 0.2) is 5.82 Å². The standard InChI is InChI=1S/C21H24N6/c1-2-4-17(5-3-1)14-18-8-12-27(13-9-18)20-16-24-26-21(25-20)23-15-19-6-10-22-11-7-19/h1-7,10-11,16,18H,8-9,12-15H2,(H,23,25,26). The van der Waals surface area contributed by atoms with E-state index in [0.717, 1.165) is 36.8 Å². The number of nitrogens with one attached hydrogen (secondary N) is 1. The normalized spacial score (nSPS) is 14.9. The average molecular weight is 360 g/mol. The Labute approximate surface area is 159 Å². The zero-order valence-corrected chi connectivity index (χ0v) is 15.3. The molecule has 1 aliphatic rings. The monoisotopic (exact) mass is 360 g/mol. The lowest BCUT2D eigenvalue weighted by Crippen LogP contribution is -2.35. The number of hydrogen-bond acceptors (Lipinski definition) is 6. The summed E-state index contributed by atoms with van der Waals surface area (Å²) in [5.41, 5.74) is 2.57. The van der Waals surface area contributed by atoms with Gasteiger partial charge in [0.1, 0.15) is 0 Å². The molecule has 0 aliphatic carbocycles. The van der Waals surface area contributed by atoms with E-state index in [2.05, 4.69) is 60.7 Å². The Kier molecular flexibility index (Phi) is 5.53. The van der Waals surface area contributed by atoms with Gasteiger partial charge in [-0.15, -0.1) is 5.10 Å². The number of hydrogen-bond donors (Lipinski definition) is 1. The topological polar surface area (TPSA) is 66.8 Å². The molecule has 0 amide bonds. The quantitative estimate of drug-likeness (QED) is 0.727. The van der Waals surface area contributed by atoms with Crippen LogP contribution in [0.3, 0.4) is 0 Å². The summed E-state index contributed by atoms with van der Waals surface area (Å²) >= 11 is 0. The summed E-state index contributed by atoms with van der Waals surface area (Å²) in [7, 11) is 0. The van der Waals surface area contributed by atoms with Gasteiger partial charge in [-0.2, -0.15) is 10.1 Å². The molecule has 27 heavy (non-hydrogen) atoms. The van der Waals surface area contributed by atoms with Gasteiger partial charge in [-0.3, -0.25) is 4.98 Å². The molecule has 0 atom stereocenters. The summed E-state index contributed by atoms with van der Waals surface area (Å²) in [6, 6.07) is 14.7. The molecule has 2 aromatic heterocycles. The summed E-state index contributed by atoms with van der Waals surface area (Å²) in [4.78, 5) is 11.0. The second kappa shape index (κ2) is 8.58. The first-order valence-electron chi connectivity index (χ1n) is 9.48. The van der Waals surface area contributed by atoms with Gasteiger partial charge in [0.05, 0.1) is 6.20 Å². The fourth-order valence-corrected chi connectivity index (χ4v) is 3.52. The van der Waals surface area contributed by atoms with Crippen LogP contribution in [0.5, 0.6) is 0 Å². The van der Waals surface area contributed by atoms with Crippen LogP contribution in [-0.2, 0) is 13.0 Å². The van der Waals surface area contributed by atoms with Crippen molar-refractivity contribution in [2.45, 2.75) is 25.8 Å². The van der Waals surface area contributed by atoms with Crippen LogP contribution in [0.25, 0.3) is 0 Å². The van der Waals surface area contributed by atoms with E-state index in [-0.39, 0.29) is 0 Å². The Morgan fingerprint density at radius 2 is 1.74 bits per heavy atom. The minimum absolute atomic E-state index is 0.565. The maximum Gasteiger partial charge on any atom is 0.244 e. The van der Waals surface area contributed by atoms with Crippen molar-refractivity contribution in [2.75, 3.05) is 23.3 Å². The third-order valence-electron chi connectivity index (χ3n) is 5.05. The molecule has 3 aromatic rings. The van der Waals surface area contributed by atoms with E-state index in [4.69, 9.17) is 0 Å². The number of anilines is 2. The van der Waals surface area contributed by atoms with Crippen LogP contribution in [0.4, 0.5) is 11.8 Å². The molecule has 1 saturated heterocycles. The molecule has 0 radical (unpaired) electrons. The number of benzene rings is 1. The minimum Gasteiger partial charge on any atom is -0.355 e. The molecular formula is C21H24N6. The van der Waals surface area contributed by atoms with Crippen LogP contribution < -0.4 is 10.2 Å². The Morgan fingerprint density at radius 1 is 0.963 bits per heavy atom. The Morgan fingerprint density at radius 3 is 2.52 bits per heavy atom. The molecule has 0 saturated carbocycles. The third-order valence-corrected chi connectivity index (χ3v) is 5.05. The highest BCUT2D eigenvalue weighted by atomic mass is 15.3. The Hall–Kier alpha value is -3.02. The van der Waals surface area contributed by atoms with Crippen LogP contribution >= 0.6 is 0 Å². The van der Waals surface area contributed by atoms with Gasteiger partial charge < -0.3 is 10.2 Å². The van der Waals surface area contributed by atoms with E-state index < -0.39 is 0 Å². The SMILES string of the molecule is c1ccc(CC2CCN(c3cnnc(NCc4ccncc4)n3)CC2)cc1. The van der Waals surface area contributed by atoms with Gasteiger partial charge in [-0.1, -0.05) is 30.3 Å². The molecule has 6 nitrogen and oxygen atoms in total. The van der Waals surface area contributed by atoms with E-state index >= 15 is 0 Å². The number of rotatable bonds is 6. The van der Waals surface area contributed by atoms with Crippen molar-refractivity contribution in [3.05, 3.63) is 72.2 Å². The van der Waals surface area contributed by atoms with Crippen LogP contribution in [0.1, 0.15) is 24.0 Å². The fraction of sp³-hybridized carbons (Fsp3) is 0.333. The van der Waals surface area contributed by atoms with Gasteiger partial charge in [0.25, 0.3) is 0 Å². The number of piperidine rings is 1. The van der Waals surface area contributed by atoms with Gasteiger partial charge >= 0.3 is 0 Å². The summed E-state index contributed by atoms with van der Waals surface area (Å²) < 4.78 is 0. The minimum atomic E-state index is 0.565. The molecule has 1 N–H and O–H groups in total. The van der Waals surface area contributed by atoms with Crippen LogP contribution in [0.15, 0.2) is 61.1 Å². The number of pyridine rings is 1. The lowest BCUT2D eigenvalue weighted by Gasteiger charge is -2.32. The first-order valence-corrected chi connectivity index (χ1v) is 9.48. The summed E-state index contributed by atoms with van der Waals surface area (Å²) in [6.07, 6.45) is 8.85. The fourth-order valence-electron chi connectivity index (χ4n) is 3.52. The van der Waals surface area contributed by atoms with Crippen molar-refractivity contribution >= 4 is 11.8 Å². The van der Waals surface area contributed by atoms with E-state index in [0.29, 0.717) is 12.5 Å². The third kappa shape index (κ3) is 4.78. The second-order valence-corrected chi connectivity index (χ2v) is 6.97. The van der Waals surface area contributed by atoms with Crippen molar-refractivity contribution in [3.8, 4) is 0 Å². The van der Waals surface area contributed by atoms with Crippen molar-refractivity contribution < 1.29 is 0 Å². The average Bonchev–Trinajstić information content (AvgIpc) is 2.75. The highest BCUT2D eigenvalue weighted by Crippen LogP contribution is 2.24. The van der Waals surface area contributed by atoms with Gasteiger partial charge in [-0.25, -0.2) is 0 Å². The molecule has 0 bridgehead atoms. The van der Waals surface area contributed by atoms with E-state index in [1.54, 1.807) is 18.6 Å². The predicted molar refractivity (Wildman–Crippen MR) is 106 cm³/mol. The van der Waals surface area contributed by atoms with Crippen molar-refractivity contribution in [3.63, 3.8) is 0 Å². The maximum absolute atomic E-state index is 4.65. The summed E-state index contributed by atoms with van der Waals surface area (Å²) in [6.45, 7) is 2.69. The molecule has 138 valence electrons. The highest BCUT2D eigenvalue weighted by Gasteiger charge is 2.21. The number of aromatic nitrogens is 4. The van der Waals surface area contributed by atoms with Crippen molar-refractivity contribution in [2.24, 2.45) is 5.92 Å². The lowest BCUT2D eigenvalue weighted by molar-refractivity contribution is 0.402. The maximum atomic E-state index is 4.65. The largest absolute Gasteiger partial charge is 0.355 e. The van der Waals surface area contributed by atoms with Gasteiger partial charge in [0, 0.05) is 32.0 Å². The summed E-state index contributed by atoms with van der Waals surface area (Å²) in [5.74, 6) is 2.21. The lowest BCUT2D eigenvalue weighted by atomic mass is 9.90. The molecule has 1 aromatic carbocycles. The van der Waals surface area contributed by atoms with Crippen molar-refractivity contribution in [1.82, 2.24) is 20.2 Å². The first-order chi connectivity index (χ1) is 13.4. The Balaban J connectivity index is 1.32. The van der Waals surface area contributed by atoms with Crippen LogP contribution in [-0.4, -0.2) is 33.3 Å². The first kappa shape index (κ1) is 17.4. The molecule has 0 unspecified atom stereocenters. The van der Waals surface area contributed by atoms with E-state index in [9.17, 15) is 0 Å². The second-order valence-electron chi connectivity index (χ2n) is 6.97. The molecular weight excluding hydrogens is 336 g/mol. The molecule has 0 spiro atoms. The van der Waals surface area contributed by atoms with E-state index in [1.165, 1.54) is 18.4 Å².